The van der Waals surface area contributed by atoms with Crippen LogP contribution in [0.1, 0.15) is 32.3 Å². The molecule has 3 heteroatoms. The van der Waals surface area contributed by atoms with Crippen molar-refractivity contribution in [3.8, 4) is 0 Å². The predicted octanol–water partition coefficient (Wildman–Crippen LogP) is 2.91. The quantitative estimate of drug-likeness (QED) is 0.805. The predicted molar refractivity (Wildman–Crippen MR) is 67.1 cm³/mol. The van der Waals surface area contributed by atoms with Gasteiger partial charge in [-0.1, -0.05) is 25.5 Å². The van der Waals surface area contributed by atoms with Gasteiger partial charge in [-0.05, 0) is 25.0 Å². The van der Waals surface area contributed by atoms with E-state index in [0.29, 0.717) is 12.2 Å². The Labute approximate surface area is 97.3 Å². The van der Waals surface area contributed by atoms with Crippen molar-refractivity contribution in [2.45, 2.75) is 33.2 Å². The highest BCUT2D eigenvalue weighted by atomic mass is 19.1. The largest absolute Gasteiger partial charge is 0.369 e. The molecule has 1 aromatic rings. The summed E-state index contributed by atoms with van der Waals surface area (Å²) in [5.41, 5.74) is 7.22. The smallest absolute Gasteiger partial charge is 0.146 e. The molecule has 0 bridgehead atoms. The average Bonchev–Trinajstić information content (AvgIpc) is 2.31. The third-order valence-electron chi connectivity index (χ3n) is 2.77. The van der Waals surface area contributed by atoms with E-state index in [2.05, 4.69) is 11.8 Å². The van der Waals surface area contributed by atoms with Crippen LogP contribution in [0.4, 0.5) is 10.1 Å². The van der Waals surface area contributed by atoms with Crippen molar-refractivity contribution in [1.29, 1.82) is 0 Å². The van der Waals surface area contributed by atoms with Crippen molar-refractivity contribution >= 4 is 5.69 Å². The molecule has 0 heterocycles. The number of hydrogen-bond acceptors (Lipinski definition) is 2. The summed E-state index contributed by atoms with van der Waals surface area (Å²) in [5.74, 6) is -0.166. The molecule has 0 radical (unpaired) electrons. The summed E-state index contributed by atoms with van der Waals surface area (Å²) in [6.07, 6.45) is 2.19. The van der Waals surface area contributed by atoms with Crippen LogP contribution in [-0.2, 0) is 6.54 Å². The maximum atomic E-state index is 13.8. The summed E-state index contributed by atoms with van der Waals surface area (Å²) in [4.78, 5) is 2.07. The molecule has 0 amide bonds. The molecule has 0 atom stereocenters. The van der Waals surface area contributed by atoms with Crippen LogP contribution in [0.15, 0.2) is 18.2 Å². The topological polar surface area (TPSA) is 29.3 Å². The van der Waals surface area contributed by atoms with Crippen LogP contribution in [0.25, 0.3) is 0 Å². The molecule has 0 spiro atoms. The first-order chi connectivity index (χ1) is 7.74. The number of rotatable bonds is 6. The van der Waals surface area contributed by atoms with Crippen LogP contribution in [0.2, 0.25) is 0 Å². The van der Waals surface area contributed by atoms with E-state index in [1.54, 1.807) is 6.07 Å². The number of halogens is 1. The van der Waals surface area contributed by atoms with Crippen molar-refractivity contribution in [2.75, 3.05) is 18.0 Å². The van der Waals surface area contributed by atoms with Crippen LogP contribution in [-0.4, -0.2) is 13.1 Å². The Kier molecular flexibility index (Phi) is 5.26. The molecule has 1 aromatic carbocycles. The minimum Gasteiger partial charge on any atom is -0.369 e. The SMILES string of the molecule is CCCCN(CC)c1c(F)cccc1CN. The minimum absolute atomic E-state index is 0.166. The molecule has 2 N–H and O–H groups in total. The van der Waals surface area contributed by atoms with E-state index < -0.39 is 0 Å². The molecule has 0 fully saturated rings. The van der Waals surface area contributed by atoms with Gasteiger partial charge in [-0.25, -0.2) is 4.39 Å². The molecule has 0 aromatic heterocycles. The Hall–Kier alpha value is -1.09. The second kappa shape index (κ2) is 6.48. The van der Waals surface area contributed by atoms with Crippen molar-refractivity contribution in [3.05, 3.63) is 29.6 Å². The second-order valence-corrected chi connectivity index (χ2v) is 3.88. The Morgan fingerprint density at radius 1 is 1.31 bits per heavy atom. The van der Waals surface area contributed by atoms with Gasteiger partial charge < -0.3 is 10.6 Å². The summed E-state index contributed by atoms with van der Waals surface area (Å²) in [6, 6.07) is 5.12. The summed E-state index contributed by atoms with van der Waals surface area (Å²) >= 11 is 0. The molecule has 2 nitrogen and oxygen atoms in total. The van der Waals surface area contributed by atoms with Gasteiger partial charge in [0, 0.05) is 19.6 Å². The van der Waals surface area contributed by atoms with E-state index >= 15 is 0 Å². The number of hydrogen-bond donors (Lipinski definition) is 1. The van der Waals surface area contributed by atoms with Crippen molar-refractivity contribution in [3.63, 3.8) is 0 Å². The van der Waals surface area contributed by atoms with Gasteiger partial charge in [0.1, 0.15) is 5.82 Å². The first kappa shape index (κ1) is 13.0. The van der Waals surface area contributed by atoms with Gasteiger partial charge >= 0.3 is 0 Å². The normalized spacial score (nSPS) is 10.5. The first-order valence-corrected chi connectivity index (χ1v) is 5.97. The van der Waals surface area contributed by atoms with Gasteiger partial charge in [0.05, 0.1) is 5.69 Å². The van der Waals surface area contributed by atoms with Gasteiger partial charge in [-0.2, -0.15) is 0 Å². The van der Waals surface area contributed by atoms with E-state index in [-0.39, 0.29) is 5.82 Å². The van der Waals surface area contributed by atoms with Crippen LogP contribution < -0.4 is 10.6 Å². The molecule has 0 unspecified atom stereocenters. The zero-order valence-electron chi connectivity index (χ0n) is 10.2. The highest BCUT2D eigenvalue weighted by molar-refractivity contribution is 5.54. The number of nitrogens with two attached hydrogens (primary N) is 1. The first-order valence-electron chi connectivity index (χ1n) is 5.97. The molecule has 0 aliphatic carbocycles. The fraction of sp³-hybridized carbons (Fsp3) is 0.538. The molecule has 1 rings (SSSR count). The zero-order chi connectivity index (χ0) is 12.0. The molecule has 90 valence electrons. The molecule has 0 aliphatic rings. The van der Waals surface area contributed by atoms with Crippen molar-refractivity contribution < 1.29 is 4.39 Å². The molecular formula is C13H21FN2. The number of nitrogens with zero attached hydrogens (tertiary/aromatic N) is 1. The van der Waals surface area contributed by atoms with E-state index in [0.717, 1.165) is 31.5 Å². The Balaban J connectivity index is 2.97. The lowest BCUT2D eigenvalue weighted by atomic mass is 10.1. The van der Waals surface area contributed by atoms with Gasteiger partial charge in [0.2, 0.25) is 0 Å². The lowest BCUT2D eigenvalue weighted by molar-refractivity contribution is 0.611. The number of unbranched alkanes of at least 4 members (excludes halogenated alkanes) is 1. The van der Waals surface area contributed by atoms with E-state index in [4.69, 9.17) is 5.73 Å². The number of para-hydroxylation sites is 1. The number of anilines is 1. The van der Waals surface area contributed by atoms with Gasteiger partial charge in [0.25, 0.3) is 0 Å². The molecule has 16 heavy (non-hydrogen) atoms. The maximum Gasteiger partial charge on any atom is 0.146 e. The maximum absolute atomic E-state index is 13.8. The fourth-order valence-electron chi connectivity index (χ4n) is 1.86. The Bertz CT molecular complexity index is 326. The van der Waals surface area contributed by atoms with E-state index in [1.807, 2.05) is 13.0 Å². The highest BCUT2D eigenvalue weighted by Crippen LogP contribution is 2.24. The van der Waals surface area contributed by atoms with Gasteiger partial charge in [-0.15, -0.1) is 0 Å². The average molecular weight is 224 g/mol. The number of benzene rings is 1. The summed E-state index contributed by atoms with van der Waals surface area (Å²) < 4.78 is 13.8. The summed E-state index contributed by atoms with van der Waals surface area (Å²) in [5, 5.41) is 0. The molecule has 0 saturated heterocycles. The summed E-state index contributed by atoms with van der Waals surface area (Å²) in [7, 11) is 0. The lowest BCUT2D eigenvalue weighted by Gasteiger charge is -2.25. The third kappa shape index (κ3) is 2.95. The van der Waals surface area contributed by atoms with Crippen molar-refractivity contribution in [1.82, 2.24) is 0 Å². The molecule has 0 saturated carbocycles. The minimum atomic E-state index is -0.166. The lowest BCUT2D eigenvalue weighted by Crippen LogP contribution is -2.26. The van der Waals surface area contributed by atoms with Gasteiger partial charge in [-0.3, -0.25) is 0 Å². The zero-order valence-corrected chi connectivity index (χ0v) is 10.2. The van der Waals surface area contributed by atoms with Gasteiger partial charge in [0.15, 0.2) is 0 Å². The monoisotopic (exact) mass is 224 g/mol. The molecular weight excluding hydrogens is 203 g/mol. The standard InChI is InChI=1S/C13H21FN2/c1-3-5-9-16(4-2)13-11(10-15)7-6-8-12(13)14/h6-8H,3-5,9-10,15H2,1-2H3. The van der Waals surface area contributed by atoms with Crippen molar-refractivity contribution in [2.24, 2.45) is 5.73 Å². The summed E-state index contributed by atoms with van der Waals surface area (Å²) in [6.45, 7) is 6.27. The third-order valence-corrected chi connectivity index (χ3v) is 2.77. The highest BCUT2D eigenvalue weighted by Gasteiger charge is 2.13. The fourth-order valence-corrected chi connectivity index (χ4v) is 1.86. The Morgan fingerprint density at radius 2 is 2.06 bits per heavy atom. The van der Waals surface area contributed by atoms with Crippen LogP contribution in [0.3, 0.4) is 0 Å². The van der Waals surface area contributed by atoms with E-state index in [1.165, 1.54) is 6.07 Å². The van der Waals surface area contributed by atoms with Crippen LogP contribution in [0.5, 0.6) is 0 Å². The van der Waals surface area contributed by atoms with Crippen LogP contribution in [0, 0.1) is 5.82 Å². The Morgan fingerprint density at radius 3 is 2.62 bits per heavy atom. The second-order valence-electron chi connectivity index (χ2n) is 3.88. The molecule has 0 aliphatic heterocycles. The van der Waals surface area contributed by atoms with Crippen LogP contribution >= 0.6 is 0 Å². The van der Waals surface area contributed by atoms with E-state index in [9.17, 15) is 4.39 Å².